The number of benzene rings is 2. The van der Waals surface area contributed by atoms with E-state index in [0.717, 1.165) is 18.4 Å². The molecule has 4 heteroatoms. The van der Waals surface area contributed by atoms with Crippen LogP contribution < -0.4 is 0 Å². The molecule has 0 saturated carbocycles. The Balaban J connectivity index is 2.76. The molecule has 3 N–H and O–H groups in total. The van der Waals surface area contributed by atoms with Crippen molar-refractivity contribution in [3.05, 3.63) is 51.6 Å². The number of carboxylic acids is 1. The van der Waals surface area contributed by atoms with Gasteiger partial charge in [0.25, 0.3) is 0 Å². The summed E-state index contributed by atoms with van der Waals surface area (Å²) in [5.41, 5.74) is 4.46. The fourth-order valence-corrected chi connectivity index (χ4v) is 3.18. The minimum Gasteiger partial charge on any atom is -0.507 e. The van der Waals surface area contributed by atoms with Crippen LogP contribution in [0, 0.1) is 27.7 Å². The molecule has 26 heavy (non-hydrogen) atoms. The van der Waals surface area contributed by atoms with Crippen molar-refractivity contribution in [1.82, 2.24) is 0 Å². The molecule has 0 unspecified atom stereocenters. The molecular weight excluding hydrogens is 328 g/mol. The van der Waals surface area contributed by atoms with Gasteiger partial charge in [0.1, 0.15) is 11.5 Å². The Bertz CT molecular complexity index is 863. The largest absolute Gasteiger partial charge is 0.507 e. The molecule has 0 amide bonds. The number of unbranched alkanes of at least 4 members (excludes halogenated alkanes) is 1. The minimum absolute atomic E-state index is 0.0720. The first kappa shape index (κ1) is 19.6. The van der Waals surface area contributed by atoms with Gasteiger partial charge in [-0.3, -0.25) is 0 Å². The van der Waals surface area contributed by atoms with Crippen molar-refractivity contribution < 1.29 is 20.1 Å². The summed E-state index contributed by atoms with van der Waals surface area (Å²) >= 11 is 0. The number of carboxylic acid groups (broad SMARTS) is 1. The van der Waals surface area contributed by atoms with E-state index in [9.17, 15) is 20.1 Å². The molecule has 2 aromatic carbocycles. The topological polar surface area (TPSA) is 77.8 Å². The highest BCUT2D eigenvalue weighted by molar-refractivity contribution is 5.95. The molecule has 138 valence electrons. The summed E-state index contributed by atoms with van der Waals surface area (Å²) in [5.74, 6) is -0.823. The zero-order valence-corrected chi connectivity index (χ0v) is 16.0. The normalized spacial score (nSPS) is 11.3. The Morgan fingerprint density at radius 1 is 1.00 bits per heavy atom. The van der Waals surface area contributed by atoms with Gasteiger partial charge in [0.15, 0.2) is 0 Å². The second-order valence-corrected chi connectivity index (χ2v) is 6.70. The summed E-state index contributed by atoms with van der Waals surface area (Å²) in [6.45, 7) is 9.13. The van der Waals surface area contributed by atoms with Gasteiger partial charge in [0, 0.05) is 11.1 Å². The third-order valence-corrected chi connectivity index (χ3v) is 4.89. The molecule has 0 atom stereocenters. The SMILES string of the molecule is CCC/C=C/c1c(C)cc(-c2c(C)c(O)c(C)c(C)c2O)cc1C(=O)O. The Kier molecular flexibility index (Phi) is 5.76. The highest BCUT2D eigenvalue weighted by Crippen LogP contribution is 2.43. The van der Waals surface area contributed by atoms with Crippen molar-refractivity contribution >= 4 is 12.0 Å². The van der Waals surface area contributed by atoms with Crippen molar-refractivity contribution in [2.75, 3.05) is 0 Å². The van der Waals surface area contributed by atoms with Crippen LogP contribution in [0.1, 0.15) is 57.9 Å². The number of phenolic OH excluding ortho intramolecular Hbond substituents is 2. The number of carbonyl (C=O) groups is 1. The van der Waals surface area contributed by atoms with Gasteiger partial charge in [0.05, 0.1) is 5.56 Å². The van der Waals surface area contributed by atoms with Crippen LogP contribution in [0.3, 0.4) is 0 Å². The van der Waals surface area contributed by atoms with Gasteiger partial charge in [-0.05, 0) is 68.0 Å². The van der Waals surface area contributed by atoms with Crippen molar-refractivity contribution in [3.63, 3.8) is 0 Å². The lowest BCUT2D eigenvalue weighted by atomic mass is 9.89. The molecule has 0 aromatic heterocycles. The van der Waals surface area contributed by atoms with Crippen molar-refractivity contribution in [1.29, 1.82) is 0 Å². The average molecular weight is 354 g/mol. The third kappa shape index (κ3) is 3.45. The van der Waals surface area contributed by atoms with Gasteiger partial charge in [-0.25, -0.2) is 4.79 Å². The number of hydrogen-bond acceptors (Lipinski definition) is 3. The fraction of sp³-hybridized carbons (Fsp3) is 0.318. The lowest BCUT2D eigenvalue weighted by Gasteiger charge is -2.18. The molecule has 0 aliphatic carbocycles. The van der Waals surface area contributed by atoms with Crippen LogP contribution in [0.25, 0.3) is 17.2 Å². The smallest absolute Gasteiger partial charge is 0.336 e. The van der Waals surface area contributed by atoms with E-state index >= 15 is 0 Å². The van der Waals surface area contributed by atoms with Gasteiger partial charge in [-0.2, -0.15) is 0 Å². The van der Waals surface area contributed by atoms with Crippen LogP contribution in [0.15, 0.2) is 18.2 Å². The van der Waals surface area contributed by atoms with Gasteiger partial charge in [0.2, 0.25) is 0 Å². The number of aryl methyl sites for hydroxylation is 1. The van der Waals surface area contributed by atoms with E-state index in [-0.39, 0.29) is 17.1 Å². The molecule has 2 rings (SSSR count). The lowest BCUT2D eigenvalue weighted by Crippen LogP contribution is -2.03. The second-order valence-electron chi connectivity index (χ2n) is 6.70. The number of aromatic hydroxyl groups is 2. The first-order valence-electron chi connectivity index (χ1n) is 8.77. The van der Waals surface area contributed by atoms with E-state index in [2.05, 4.69) is 6.92 Å². The van der Waals surface area contributed by atoms with E-state index in [4.69, 9.17) is 0 Å². The summed E-state index contributed by atoms with van der Waals surface area (Å²) in [6.07, 6.45) is 5.69. The zero-order chi connectivity index (χ0) is 19.6. The predicted molar refractivity (Wildman–Crippen MR) is 105 cm³/mol. The standard InChI is InChI=1S/C22H26O4/c1-6-7-8-9-17-12(2)10-16(11-18(17)22(25)26)19-15(5)20(23)13(3)14(4)21(19)24/h8-11,23-24H,6-7H2,1-5H3,(H,25,26)/b9-8+. The summed E-state index contributed by atoms with van der Waals surface area (Å²) in [4.78, 5) is 11.8. The lowest BCUT2D eigenvalue weighted by molar-refractivity contribution is 0.0696. The number of hydrogen-bond donors (Lipinski definition) is 3. The van der Waals surface area contributed by atoms with E-state index in [1.807, 2.05) is 25.1 Å². The van der Waals surface area contributed by atoms with E-state index in [1.54, 1.807) is 26.8 Å². The molecule has 2 aromatic rings. The average Bonchev–Trinajstić information content (AvgIpc) is 2.59. The summed E-state index contributed by atoms with van der Waals surface area (Å²) in [7, 11) is 0. The first-order chi connectivity index (χ1) is 12.2. The number of rotatable bonds is 5. The van der Waals surface area contributed by atoms with Gasteiger partial charge < -0.3 is 15.3 Å². The number of allylic oxidation sites excluding steroid dienone is 1. The van der Waals surface area contributed by atoms with Crippen LogP contribution in [-0.4, -0.2) is 21.3 Å². The minimum atomic E-state index is -1.02. The van der Waals surface area contributed by atoms with E-state index in [1.165, 1.54) is 0 Å². The fourth-order valence-electron chi connectivity index (χ4n) is 3.18. The van der Waals surface area contributed by atoms with Crippen LogP contribution in [0.4, 0.5) is 0 Å². The maximum absolute atomic E-state index is 11.8. The monoisotopic (exact) mass is 354 g/mol. The predicted octanol–water partition coefficient (Wildman–Crippen LogP) is 5.51. The van der Waals surface area contributed by atoms with Crippen LogP contribution in [-0.2, 0) is 0 Å². The molecule has 0 aliphatic heterocycles. The molecule has 0 saturated heterocycles. The molecule has 0 radical (unpaired) electrons. The molecule has 0 spiro atoms. The van der Waals surface area contributed by atoms with Crippen molar-refractivity contribution in [2.45, 2.75) is 47.5 Å². The molecule has 0 heterocycles. The van der Waals surface area contributed by atoms with Gasteiger partial charge in [-0.15, -0.1) is 0 Å². The van der Waals surface area contributed by atoms with Crippen LogP contribution in [0.2, 0.25) is 0 Å². The summed E-state index contributed by atoms with van der Waals surface area (Å²) in [6, 6.07) is 3.42. The molecule has 0 bridgehead atoms. The molecule has 4 nitrogen and oxygen atoms in total. The summed E-state index contributed by atoms with van der Waals surface area (Å²) < 4.78 is 0. The Morgan fingerprint density at radius 2 is 1.62 bits per heavy atom. The van der Waals surface area contributed by atoms with Crippen molar-refractivity contribution in [3.8, 4) is 22.6 Å². The molecule has 0 aliphatic rings. The Hall–Kier alpha value is -2.75. The summed E-state index contributed by atoms with van der Waals surface area (Å²) in [5, 5.41) is 30.7. The van der Waals surface area contributed by atoms with E-state index < -0.39 is 5.97 Å². The number of phenols is 2. The van der Waals surface area contributed by atoms with Crippen molar-refractivity contribution in [2.24, 2.45) is 0 Å². The van der Waals surface area contributed by atoms with Crippen LogP contribution in [0.5, 0.6) is 11.5 Å². The highest BCUT2D eigenvalue weighted by atomic mass is 16.4. The zero-order valence-electron chi connectivity index (χ0n) is 16.0. The van der Waals surface area contributed by atoms with Gasteiger partial charge >= 0.3 is 5.97 Å². The Morgan fingerprint density at radius 3 is 2.19 bits per heavy atom. The number of aromatic carboxylic acids is 1. The van der Waals surface area contributed by atoms with Crippen LogP contribution >= 0.6 is 0 Å². The quantitative estimate of drug-likeness (QED) is 0.619. The van der Waals surface area contributed by atoms with E-state index in [0.29, 0.717) is 33.4 Å². The second kappa shape index (κ2) is 7.65. The molecular formula is C22H26O4. The highest BCUT2D eigenvalue weighted by Gasteiger charge is 2.20. The maximum Gasteiger partial charge on any atom is 0.336 e. The maximum atomic E-state index is 11.8. The van der Waals surface area contributed by atoms with Gasteiger partial charge in [-0.1, -0.05) is 31.6 Å². The first-order valence-corrected chi connectivity index (χ1v) is 8.77. The third-order valence-electron chi connectivity index (χ3n) is 4.89. The Labute approximate surface area is 154 Å². The molecule has 0 fully saturated rings.